The molecule has 0 aromatic rings. The van der Waals surface area contributed by atoms with Gasteiger partial charge in [-0.05, 0) is 31.6 Å². The Hall–Kier alpha value is 0.270. The van der Waals surface area contributed by atoms with Crippen LogP contribution >= 0.6 is 11.8 Å². The second kappa shape index (κ2) is 4.51. The van der Waals surface area contributed by atoms with Gasteiger partial charge in [-0.3, -0.25) is 0 Å². The minimum atomic E-state index is -0.373. The Kier molecular flexibility index (Phi) is 3.58. The third-order valence-corrected chi connectivity index (χ3v) is 5.72. The van der Waals surface area contributed by atoms with Gasteiger partial charge >= 0.3 is 0 Å². The molecule has 0 aromatic heterocycles. The number of hydrogen-bond donors (Lipinski definition) is 1. The van der Waals surface area contributed by atoms with Crippen LogP contribution in [0.15, 0.2) is 0 Å². The van der Waals surface area contributed by atoms with Gasteiger partial charge in [-0.1, -0.05) is 27.2 Å². The predicted octanol–water partition coefficient (Wildman–Crippen LogP) is 3.04. The lowest BCUT2D eigenvalue weighted by molar-refractivity contribution is -0.0890. The molecule has 2 nitrogen and oxygen atoms in total. The minimum absolute atomic E-state index is 0.0402. The summed E-state index contributed by atoms with van der Waals surface area (Å²) >= 11 is 1.81. The van der Waals surface area contributed by atoms with E-state index in [1.165, 1.54) is 12.8 Å². The van der Waals surface area contributed by atoms with Crippen molar-refractivity contribution in [2.75, 3.05) is 0 Å². The second-order valence-electron chi connectivity index (χ2n) is 6.03. The molecule has 2 rings (SSSR count). The van der Waals surface area contributed by atoms with Crippen LogP contribution in [0.25, 0.3) is 0 Å². The molecule has 1 aliphatic carbocycles. The number of fused-ring (bicyclic) bond motifs is 1. The van der Waals surface area contributed by atoms with Gasteiger partial charge in [0, 0.05) is 4.75 Å². The van der Waals surface area contributed by atoms with Crippen LogP contribution in [0.2, 0.25) is 0 Å². The molecule has 1 aliphatic heterocycles. The normalized spacial score (nSPS) is 44.8. The van der Waals surface area contributed by atoms with E-state index in [1.54, 1.807) is 0 Å². The molecule has 2 fully saturated rings. The highest BCUT2D eigenvalue weighted by Crippen LogP contribution is 2.50. The van der Waals surface area contributed by atoms with E-state index < -0.39 is 0 Å². The highest BCUT2D eigenvalue weighted by atomic mass is 32.2. The van der Waals surface area contributed by atoms with E-state index in [4.69, 9.17) is 4.74 Å². The maximum atomic E-state index is 9.72. The van der Waals surface area contributed by atoms with Crippen molar-refractivity contribution in [3.05, 3.63) is 0 Å². The summed E-state index contributed by atoms with van der Waals surface area (Å²) in [5, 5.41) is 9.72. The van der Waals surface area contributed by atoms with Gasteiger partial charge in [0.2, 0.25) is 0 Å². The summed E-state index contributed by atoms with van der Waals surface area (Å²) in [6.45, 7) is 8.76. The summed E-state index contributed by atoms with van der Waals surface area (Å²) in [4.78, 5) is 0. The molecule has 0 bridgehead atoms. The zero-order valence-corrected chi connectivity index (χ0v) is 11.6. The Morgan fingerprint density at radius 2 is 2.06 bits per heavy atom. The first-order valence-electron chi connectivity index (χ1n) is 6.41. The third-order valence-electron chi connectivity index (χ3n) is 4.07. The van der Waals surface area contributed by atoms with Crippen LogP contribution in [0, 0.1) is 11.8 Å². The average molecular weight is 244 g/mol. The lowest BCUT2D eigenvalue weighted by Crippen LogP contribution is -2.51. The van der Waals surface area contributed by atoms with Crippen molar-refractivity contribution in [3.8, 4) is 0 Å². The van der Waals surface area contributed by atoms with E-state index >= 15 is 0 Å². The van der Waals surface area contributed by atoms with Crippen LogP contribution in [0.3, 0.4) is 0 Å². The van der Waals surface area contributed by atoms with Crippen molar-refractivity contribution >= 4 is 11.8 Å². The highest BCUT2D eigenvalue weighted by Gasteiger charge is 2.47. The van der Waals surface area contributed by atoms with E-state index in [0.29, 0.717) is 12.0 Å². The summed E-state index contributed by atoms with van der Waals surface area (Å²) in [6, 6.07) is 0. The SMILES string of the molecule is C[C@@H]1CC[C@@H]2[C@@H](C1)O[C@@H]([C@@H](C)O)SC2(C)C. The third kappa shape index (κ3) is 2.41. The van der Waals surface area contributed by atoms with E-state index in [1.807, 2.05) is 18.7 Å². The van der Waals surface area contributed by atoms with Gasteiger partial charge in [0.15, 0.2) is 0 Å². The van der Waals surface area contributed by atoms with Crippen LogP contribution in [0.4, 0.5) is 0 Å². The summed E-state index contributed by atoms with van der Waals surface area (Å²) in [7, 11) is 0. The van der Waals surface area contributed by atoms with Crippen LogP contribution in [-0.4, -0.2) is 27.5 Å². The fourth-order valence-corrected chi connectivity index (χ4v) is 4.51. The Morgan fingerprint density at radius 3 is 2.69 bits per heavy atom. The van der Waals surface area contributed by atoms with Gasteiger partial charge in [0.25, 0.3) is 0 Å². The summed E-state index contributed by atoms with van der Waals surface area (Å²) in [5.74, 6) is 1.43. The molecule has 0 aromatic carbocycles. The van der Waals surface area contributed by atoms with Crippen LogP contribution in [0.5, 0.6) is 0 Å². The monoisotopic (exact) mass is 244 g/mol. The molecule has 0 radical (unpaired) electrons. The fraction of sp³-hybridized carbons (Fsp3) is 1.00. The number of hydrogen-bond acceptors (Lipinski definition) is 3. The second-order valence-corrected chi connectivity index (χ2v) is 7.78. The fourth-order valence-electron chi connectivity index (χ4n) is 3.07. The maximum absolute atomic E-state index is 9.72. The molecule has 5 atom stereocenters. The Labute approximate surface area is 103 Å². The first-order valence-corrected chi connectivity index (χ1v) is 7.29. The zero-order valence-electron chi connectivity index (χ0n) is 10.8. The lowest BCUT2D eigenvalue weighted by atomic mass is 9.75. The molecular formula is C13H24O2S. The molecule has 1 saturated heterocycles. The molecule has 0 spiro atoms. The van der Waals surface area contributed by atoms with Gasteiger partial charge in [0.1, 0.15) is 5.44 Å². The molecule has 2 aliphatic rings. The van der Waals surface area contributed by atoms with E-state index in [9.17, 15) is 5.11 Å². The standard InChI is InChI=1S/C13H24O2S/c1-8-5-6-10-11(7-8)15-12(9(2)14)16-13(10,3)4/h8-12,14H,5-7H2,1-4H3/t8-,9-,10-,11-,12-/m1/s1. The van der Waals surface area contributed by atoms with Gasteiger partial charge in [-0.15, -0.1) is 11.8 Å². The lowest BCUT2D eigenvalue weighted by Gasteiger charge is -2.50. The molecule has 0 unspecified atom stereocenters. The number of ether oxygens (including phenoxy) is 1. The molecule has 3 heteroatoms. The first kappa shape index (κ1) is 12.7. The zero-order chi connectivity index (χ0) is 11.9. The predicted molar refractivity (Wildman–Crippen MR) is 68.5 cm³/mol. The van der Waals surface area contributed by atoms with Crippen LogP contribution in [-0.2, 0) is 4.74 Å². The number of aliphatic hydroxyl groups is 1. The summed E-state index contributed by atoms with van der Waals surface area (Å²) < 4.78 is 6.31. The van der Waals surface area contributed by atoms with Crippen LogP contribution < -0.4 is 0 Å². The Balaban J connectivity index is 2.12. The topological polar surface area (TPSA) is 29.5 Å². The largest absolute Gasteiger partial charge is 0.390 e. The van der Waals surface area contributed by atoms with Gasteiger partial charge < -0.3 is 9.84 Å². The van der Waals surface area contributed by atoms with Crippen molar-refractivity contribution in [1.29, 1.82) is 0 Å². The van der Waals surface area contributed by atoms with Crippen molar-refractivity contribution in [1.82, 2.24) is 0 Å². The molecule has 1 heterocycles. The van der Waals surface area contributed by atoms with E-state index in [2.05, 4.69) is 20.8 Å². The molecule has 1 saturated carbocycles. The molecule has 16 heavy (non-hydrogen) atoms. The van der Waals surface area contributed by atoms with Crippen molar-refractivity contribution in [2.24, 2.45) is 11.8 Å². The molecule has 0 amide bonds. The van der Waals surface area contributed by atoms with Crippen molar-refractivity contribution in [2.45, 2.75) is 69.3 Å². The van der Waals surface area contributed by atoms with Crippen molar-refractivity contribution < 1.29 is 9.84 Å². The molecular weight excluding hydrogens is 220 g/mol. The number of rotatable bonds is 1. The van der Waals surface area contributed by atoms with E-state index in [0.717, 1.165) is 12.3 Å². The first-order chi connectivity index (χ1) is 7.40. The Bertz CT molecular complexity index is 252. The molecule has 1 N–H and O–H groups in total. The minimum Gasteiger partial charge on any atom is -0.390 e. The van der Waals surface area contributed by atoms with Crippen molar-refractivity contribution in [3.63, 3.8) is 0 Å². The highest BCUT2D eigenvalue weighted by molar-refractivity contribution is 8.01. The van der Waals surface area contributed by atoms with Gasteiger partial charge in [-0.2, -0.15) is 0 Å². The number of thioether (sulfide) groups is 1. The molecule has 94 valence electrons. The quantitative estimate of drug-likeness (QED) is 0.769. The summed E-state index contributed by atoms with van der Waals surface area (Å²) in [6.07, 6.45) is 3.76. The van der Waals surface area contributed by atoms with Crippen LogP contribution in [0.1, 0.15) is 47.0 Å². The van der Waals surface area contributed by atoms with Gasteiger partial charge in [0.05, 0.1) is 12.2 Å². The number of aliphatic hydroxyl groups excluding tert-OH is 1. The van der Waals surface area contributed by atoms with E-state index in [-0.39, 0.29) is 16.3 Å². The summed E-state index contributed by atoms with van der Waals surface area (Å²) in [5.41, 5.74) is -0.0402. The maximum Gasteiger partial charge on any atom is 0.129 e. The van der Waals surface area contributed by atoms with Gasteiger partial charge in [-0.25, -0.2) is 0 Å². The smallest absolute Gasteiger partial charge is 0.129 e. The Morgan fingerprint density at radius 1 is 1.38 bits per heavy atom. The average Bonchev–Trinajstić information content (AvgIpc) is 2.15.